The molecule has 0 aliphatic carbocycles. The Kier molecular flexibility index (Phi) is 4.42. The molecule has 90 valence electrons. The Hall–Kier alpha value is -0.160. The van der Waals surface area contributed by atoms with Gasteiger partial charge >= 0.3 is 0 Å². The third-order valence-corrected chi connectivity index (χ3v) is 4.51. The van der Waals surface area contributed by atoms with Gasteiger partial charge in [-0.05, 0) is 28.4 Å². The van der Waals surface area contributed by atoms with Crippen LogP contribution in [0.2, 0.25) is 10.3 Å². The second kappa shape index (κ2) is 5.65. The summed E-state index contributed by atoms with van der Waals surface area (Å²) in [6.45, 7) is 2.07. The molecule has 0 spiro atoms. The average molecular weight is 352 g/mol. The van der Waals surface area contributed by atoms with Crippen molar-refractivity contribution in [1.82, 2.24) is 9.97 Å². The largest absolute Gasteiger partial charge is 0.215 e. The molecular weight excluding hydrogens is 343 g/mol. The predicted molar refractivity (Wildman–Crippen MR) is 77.1 cm³/mol. The third-order valence-electron chi connectivity index (χ3n) is 2.19. The van der Waals surface area contributed by atoms with E-state index in [0.717, 1.165) is 27.8 Å². The lowest BCUT2D eigenvalue weighted by Crippen LogP contribution is -1.96. The summed E-state index contributed by atoms with van der Waals surface area (Å²) in [4.78, 5) is 9.54. The van der Waals surface area contributed by atoms with Gasteiger partial charge in [-0.2, -0.15) is 0 Å². The molecule has 0 saturated heterocycles. The number of hydrogen-bond donors (Lipinski definition) is 0. The minimum Gasteiger partial charge on any atom is -0.215 e. The highest BCUT2D eigenvalue weighted by atomic mass is 79.9. The quantitative estimate of drug-likeness (QED) is 0.708. The molecule has 0 aliphatic heterocycles. The zero-order valence-corrected chi connectivity index (χ0v) is 12.9. The van der Waals surface area contributed by atoms with Crippen LogP contribution in [0.15, 0.2) is 15.9 Å². The van der Waals surface area contributed by atoms with Gasteiger partial charge in [0.2, 0.25) is 0 Å². The zero-order chi connectivity index (χ0) is 12.4. The van der Waals surface area contributed by atoms with Gasteiger partial charge in [-0.1, -0.05) is 36.5 Å². The Morgan fingerprint density at radius 3 is 2.41 bits per heavy atom. The van der Waals surface area contributed by atoms with Crippen molar-refractivity contribution in [2.75, 3.05) is 0 Å². The number of thiophene rings is 1. The highest BCUT2D eigenvalue weighted by Crippen LogP contribution is 2.31. The Morgan fingerprint density at radius 1 is 1.29 bits per heavy atom. The number of aromatic nitrogens is 2. The van der Waals surface area contributed by atoms with Crippen LogP contribution in [0.25, 0.3) is 10.7 Å². The fourth-order valence-corrected chi connectivity index (χ4v) is 3.36. The van der Waals surface area contributed by atoms with E-state index in [0.29, 0.717) is 16.1 Å². The number of halogens is 3. The van der Waals surface area contributed by atoms with E-state index in [2.05, 4.69) is 32.8 Å². The Balaban J connectivity index is 2.45. The SMILES string of the molecule is CCCc1c(Cl)nc(-c2cc(Br)cs2)nc1Cl. The molecule has 0 amide bonds. The normalized spacial score (nSPS) is 10.8. The van der Waals surface area contributed by atoms with E-state index in [9.17, 15) is 0 Å². The molecule has 0 aromatic carbocycles. The average Bonchev–Trinajstić information content (AvgIpc) is 2.70. The van der Waals surface area contributed by atoms with Gasteiger partial charge in [0.15, 0.2) is 5.82 Å². The van der Waals surface area contributed by atoms with Gasteiger partial charge in [-0.3, -0.25) is 0 Å². The van der Waals surface area contributed by atoms with Crippen LogP contribution in [0.5, 0.6) is 0 Å². The van der Waals surface area contributed by atoms with E-state index in [-0.39, 0.29) is 0 Å². The minimum atomic E-state index is 0.450. The molecule has 6 heteroatoms. The Labute approximate surface area is 122 Å². The van der Waals surface area contributed by atoms with Crippen LogP contribution in [0, 0.1) is 0 Å². The van der Waals surface area contributed by atoms with Crippen LogP contribution < -0.4 is 0 Å². The van der Waals surface area contributed by atoms with Crippen molar-refractivity contribution >= 4 is 50.5 Å². The standard InChI is InChI=1S/C11H9BrCl2N2S/c1-2-3-7-9(13)15-11(16-10(7)14)8-4-6(12)5-17-8/h4-5H,2-3H2,1H3. The molecule has 0 N–H and O–H groups in total. The molecule has 17 heavy (non-hydrogen) atoms. The third kappa shape index (κ3) is 2.99. The van der Waals surface area contributed by atoms with E-state index in [1.807, 2.05) is 11.4 Å². The lowest BCUT2D eigenvalue weighted by Gasteiger charge is -2.05. The number of rotatable bonds is 3. The van der Waals surface area contributed by atoms with Crippen molar-refractivity contribution in [3.8, 4) is 10.7 Å². The Bertz CT molecular complexity index is 519. The molecule has 0 radical (unpaired) electrons. The van der Waals surface area contributed by atoms with Gasteiger partial charge in [-0.25, -0.2) is 9.97 Å². The highest BCUT2D eigenvalue weighted by Gasteiger charge is 2.13. The molecule has 2 nitrogen and oxygen atoms in total. The summed E-state index contributed by atoms with van der Waals surface area (Å²) in [5.74, 6) is 0.579. The maximum atomic E-state index is 6.13. The van der Waals surface area contributed by atoms with E-state index in [1.54, 1.807) is 11.3 Å². The fraction of sp³-hybridized carbons (Fsp3) is 0.273. The minimum absolute atomic E-state index is 0.450. The molecule has 2 heterocycles. The molecule has 0 fully saturated rings. The van der Waals surface area contributed by atoms with Gasteiger partial charge in [0.25, 0.3) is 0 Å². The van der Waals surface area contributed by atoms with E-state index < -0.39 is 0 Å². The van der Waals surface area contributed by atoms with E-state index >= 15 is 0 Å². The topological polar surface area (TPSA) is 25.8 Å². The van der Waals surface area contributed by atoms with Gasteiger partial charge in [0.05, 0.1) is 4.88 Å². The van der Waals surface area contributed by atoms with Crippen molar-refractivity contribution < 1.29 is 0 Å². The maximum Gasteiger partial charge on any atom is 0.172 e. The van der Waals surface area contributed by atoms with Crippen LogP contribution in [-0.2, 0) is 6.42 Å². The van der Waals surface area contributed by atoms with Crippen molar-refractivity contribution in [2.45, 2.75) is 19.8 Å². The summed E-state index contributed by atoms with van der Waals surface area (Å²) in [7, 11) is 0. The van der Waals surface area contributed by atoms with E-state index in [1.165, 1.54) is 0 Å². The summed E-state index contributed by atoms with van der Waals surface area (Å²) in [6.07, 6.45) is 1.76. The van der Waals surface area contributed by atoms with Crippen LogP contribution >= 0.6 is 50.5 Å². The molecular formula is C11H9BrCl2N2S. The van der Waals surface area contributed by atoms with Gasteiger partial charge < -0.3 is 0 Å². The van der Waals surface area contributed by atoms with E-state index in [4.69, 9.17) is 23.2 Å². The second-order valence-electron chi connectivity index (χ2n) is 3.49. The highest BCUT2D eigenvalue weighted by molar-refractivity contribution is 9.10. The molecule has 2 aromatic rings. The molecule has 0 bridgehead atoms. The second-order valence-corrected chi connectivity index (χ2v) is 6.03. The number of nitrogens with zero attached hydrogens (tertiary/aromatic N) is 2. The predicted octanol–water partition coefficient (Wildman–Crippen LogP) is 5.23. The van der Waals surface area contributed by atoms with Crippen molar-refractivity contribution in [1.29, 1.82) is 0 Å². The first kappa shape index (κ1) is 13.3. The first-order chi connectivity index (χ1) is 8.11. The smallest absolute Gasteiger partial charge is 0.172 e. The summed E-state index contributed by atoms with van der Waals surface area (Å²) < 4.78 is 1.01. The van der Waals surface area contributed by atoms with Crippen molar-refractivity contribution in [3.63, 3.8) is 0 Å². The fourth-order valence-electron chi connectivity index (χ4n) is 1.43. The van der Waals surface area contributed by atoms with Gasteiger partial charge in [0, 0.05) is 15.4 Å². The summed E-state index contributed by atoms with van der Waals surface area (Å²) in [5, 5.41) is 2.87. The van der Waals surface area contributed by atoms with Crippen molar-refractivity contribution in [3.05, 3.63) is 31.8 Å². The lowest BCUT2D eigenvalue weighted by atomic mass is 10.2. The lowest BCUT2D eigenvalue weighted by molar-refractivity contribution is 0.903. The first-order valence-electron chi connectivity index (χ1n) is 5.08. The van der Waals surface area contributed by atoms with Crippen LogP contribution in [-0.4, -0.2) is 9.97 Å². The summed E-state index contributed by atoms with van der Waals surface area (Å²) in [5.41, 5.74) is 0.829. The van der Waals surface area contributed by atoms with Crippen molar-refractivity contribution in [2.24, 2.45) is 0 Å². The van der Waals surface area contributed by atoms with Crippen LogP contribution in [0.1, 0.15) is 18.9 Å². The summed E-state index contributed by atoms with van der Waals surface area (Å²) >= 11 is 17.2. The monoisotopic (exact) mass is 350 g/mol. The maximum absolute atomic E-state index is 6.13. The molecule has 2 rings (SSSR count). The Morgan fingerprint density at radius 2 is 1.94 bits per heavy atom. The summed E-state index contributed by atoms with van der Waals surface area (Å²) in [6, 6.07) is 1.95. The molecule has 2 aromatic heterocycles. The van der Waals surface area contributed by atoms with Crippen LogP contribution in [0.3, 0.4) is 0 Å². The van der Waals surface area contributed by atoms with Gasteiger partial charge in [0.1, 0.15) is 10.3 Å². The molecule has 0 atom stereocenters. The number of hydrogen-bond acceptors (Lipinski definition) is 3. The van der Waals surface area contributed by atoms with Gasteiger partial charge in [-0.15, -0.1) is 11.3 Å². The van der Waals surface area contributed by atoms with Crippen LogP contribution in [0.4, 0.5) is 0 Å². The first-order valence-corrected chi connectivity index (χ1v) is 7.51. The molecule has 0 saturated carbocycles. The zero-order valence-electron chi connectivity index (χ0n) is 9.01. The molecule has 0 aliphatic rings. The molecule has 0 unspecified atom stereocenters.